The van der Waals surface area contributed by atoms with E-state index in [1.807, 2.05) is 30.3 Å². The molecule has 0 saturated carbocycles. The minimum atomic E-state index is -0.957. The van der Waals surface area contributed by atoms with Crippen molar-refractivity contribution >= 4 is 17.8 Å². The molecule has 0 N–H and O–H groups in total. The molecule has 1 fully saturated rings. The molecule has 0 spiro atoms. The monoisotopic (exact) mass is 347 g/mol. The SMILES string of the molecule is CCOC(=O)C1CC(C(=O)OC(C)(C)C)N(Cc2ccccc2)C1=O. The van der Waals surface area contributed by atoms with Gasteiger partial charge in [-0.25, -0.2) is 4.79 Å². The summed E-state index contributed by atoms with van der Waals surface area (Å²) in [7, 11) is 0. The summed E-state index contributed by atoms with van der Waals surface area (Å²) in [4.78, 5) is 38.8. The fourth-order valence-corrected chi connectivity index (χ4v) is 2.81. The molecule has 0 radical (unpaired) electrons. The predicted octanol–water partition coefficient (Wildman–Crippen LogP) is 2.31. The van der Waals surface area contributed by atoms with Crippen LogP contribution in [0.25, 0.3) is 0 Å². The normalized spacial score (nSPS) is 20.5. The van der Waals surface area contributed by atoms with Gasteiger partial charge in [-0.2, -0.15) is 0 Å². The van der Waals surface area contributed by atoms with Gasteiger partial charge in [-0.1, -0.05) is 30.3 Å². The average Bonchev–Trinajstić information content (AvgIpc) is 2.84. The lowest BCUT2D eigenvalue weighted by atomic mass is 10.1. The second kappa shape index (κ2) is 7.68. The van der Waals surface area contributed by atoms with E-state index in [1.165, 1.54) is 4.90 Å². The largest absolute Gasteiger partial charge is 0.465 e. The molecule has 6 heteroatoms. The van der Waals surface area contributed by atoms with Crippen LogP contribution in [-0.4, -0.2) is 41.0 Å². The first-order chi connectivity index (χ1) is 11.7. The number of esters is 2. The molecular weight excluding hydrogens is 322 g/mol. The Bertz CT molecular complexity index is 635. The molecule has 0 aromatic heterocycles. The molecule has 1 saturated heterocycles. The molecule has 0 aliphatic carbocycles. The van der Waals surface area contributed by atoms with Crippen molar-refractivity contribution in [2.45, 2.75) is 52.3 Å². The van der Waals surface area contributed by atoms with E-state index in [2.05, 4.69) is 0 Å². The molecule has 136 valence electrons. The van der Waals surface area contributed by atoms with E-state index >= 15 is 0 Å². The van der Waals surface area contributed by atoms with E-state index in [1.54, 1.807) is 27.7 Å². The predicted molar refractivity (Wildman–Crippen MR) is 91.4 cm³/mol. The Labute approximate surface area is 148 Å². The van der Waals surface area contributed by atoms with Crippen molar-refractivity contribution in [3.63, 3.8) is 0 Å². The van der Waals surface area contributed by atoms with Crippen molar-refractivity contribution in [3.05, 3.63) is 35.9 Å². The number of carbonyl (C=O) groups is 3. The van der Waals surface area contributed by atoms with Crippen LogP contribution in [0.5, 0.6) is 0 Å². The van der Waals surface area contributed by atoms with Gasteiger partial charge in [-0.15, -0.1) is 0 Å². The van der Waals surface area contributed by atoms with Gasteiger partial charge >= 0.3 is 11.9 Å². The molecule has 1 heterocycles. The first-order valence-corrected chi connectivity index (χ1v) is 8.47. The minimum Gasteiger partial charge on any atom is -0.465 e. The molecular formula is C19H25NO5. The Morgan fingerprint density at radius 1 is 1.16 bits per heavy atom. The fraction of sp³-hybridized carbons (Fsp3) is 0.526. The highest BCUT2D eigenvalue weighted by atomic mass is 16.6. The third kappa shape index (κ3) is 4.81. The number of rotatable bonds is 5. The summed E-state index contributed by atoms with van der Waals surface area (Å²) < 4.78 is 10.4. The summed E-state index contributed by atoms with van der Waals surface area (Å²) in [6, 6.07) is 8.56. The Balaban J connectivity index is 2.24. The quantitative estimate of drug-likeness (QED) is 0.604. The molecule has 25 heavy (non-hydrogen) atoms. The van der Waals surface area contributed by atoms with Gasteiger partial charge in [0.25, 0.3) is 0 Å². The first-order valence-electron chi connectivity index (χ1n) is 8.47. The maximum absolute atomic E-state index is 12.7. The summed E-state index contributed by atoms with van der Waals surface area (Å²) in [5.74, 6) is -2.43. The molecule has 2 rings (SSSR count). The Kier molecular flexibility index (Phi) is 5.82. The molecule has 2 atom stereocenters. The van der Waals surface area contributed by atoms with Crippen molar-refractivity contribution in [1.82, 2.24) is 4.90 Å². The fourth-order valence-electron chi connectivity index (χ4n) is 2.81. The summed E-state index contributed by atoms with van der Waals surface area (Å²) >= 11 is 0. The van der Waals surface area contributed by atoms with Crippen LogP contribution in [0, 0.1) is 5.92 Å². The van der Waals surface area contributed by atoms with Gasteiger partial charge < -0.3 is 14.4 Å². The summed E-state index contributed by atoms with van der Waals surface area (Å²) in [6.07, 6.45) is 0.0828. The topological polar surface area (TPSA) is 72.9 Å². The van der Waals surface area contributed by atoms with Gasteiger partial charge in [0.15, 0.2) is 0 Å². The van der Waals surface area contributed by atoms with Crippen LogP contribution in [0.2, 0.25) is 0 Å². The highest BCUT2D eigenvalue weighted by Crippen LogP contribution is 2.29. The molecule has 0 bridgehead atoms. The third-order valence-electron chi connectivity index (χ3n) is 3.86. The van der Waals surface area contributed by atoms with Crippen LogP contribution in [0.1, 0.15) is 39.7 Å². The average molecular weight is 347 g/mol. The van der Waals surface area contributed by atoms with Crippen molar-refractivity contribution in [1.29, 1.82) is 0 Å². The Morgan fingerprint density at radius 2 is 1.80 bits per heavy atom. The lowest BCUT2D eigenvalue weighted by Crippen LogP contribution is -2.42. The minimum absolute atomic E-state index is 0.0828. The zero-order valence-electron chi connectivity index (χ0n) is 15.2. The van der Waals surface area contributed by atoms with E-state index < -0.39 is 35.4 Å². The van der Waals surface area contributed by atoms with E-state index in [0.29, 0.717) is 0 Å². The van der Waals surface area contributed by atoms with E-state index in [4.69, 9.17) is 9.47 Å². The van der Waals surface area contributed by atoms with Crippen molar-refractivity contribution in [2.24, 2.45) is 5.92 Å². The van der Waals surface area contributed by atoms with Gasteiger partial charge in [0, 0.05) is 13.0 Å². The van der Waals surface area contributed by atoms with Crippen LogP contribution < -0.4 is 0 Å². The summed E-state index contributed by atoms with van der Waals surface area (Å²) in [5, 5.41) is 0. The van der Waals surface area contributed by atoms with Gasteiger partial charge in [0.05, 0.1) is 6.61 Å². The van der Waals surface area contributed by atoms with Crippen molar-refractivity contribution in [2.75, 3.05) is 6.61 Å². The number of hydrogen-bond donors (Lipinski definition) is 0. The number of hydrogen-bond acceptors (Lipinski definition) is 5. The van der Waals surface area contributed by atoms with E-state index in [-0.39, 0.29) is 19.6 Å². The van der Waals surface area contributed by atoms with Gasteiger partial charge in [0.1, 0.15) is 17.6 Å². The summed E-state index contributed by atoms with van der Waals surface area (Å²) in [6.45, 7) is 7.44. The second-order valence-electron chi connectivity index (χ2n) is 7.04. The van der Waals surface area contributed by atoms with Crippen LogP contribution in [0.15, 0.2) is 30.3 Å². The van der Waals surface area contributed by atoms with Gasteiger partial charge in [-0.05, 0) is 33.3 Å². The molecule has 1 amide bonds. The maximum Gasteiger partial charge on any atom is 0.329 e. The first kappa shape index (κ1) is 19.0. The number of carbonyl (C=O) groups excluding carboxylic acids is 3. The second-order valence-corrected chi connectivity index (χ2v) is 7.04. The number of benzene rings is 1. The van der Waals surface area contributed by atoms with Crippen molar-refractivity contribution in [3.8, 4) is 0 Å². The number of amides is 1. The highest BCUT2D eigenvalue weighted by Gasteiger charge is 2.48. The number of nitrogens with zero attached hydrogens (tertiary/aromatic N) is 1. The molecule has 1 aliphatic rings. The Hall–Kier alpha value is -2.37. The zero-order valence-corrected chi connectivity index (χ0v) is 15.2. The standard InChI is InChI=1S/C19H25NO5/c1-5-24-17(22)14-11-15(18(23)25-19(2,3)4)20(16(14)21)12-13-9-7-6-8-10-13/h6-10,14-15H,5,11-12H2,1-4H3. The van der Waals surface area contributed by atoms with Gasteiger partial charge in [0.2, 0.25) is 5.91 Å². The Morgan fingerprint density at radius 3 is 2.36 bits per heavy atom. The smallest absolute Gasteiger partial charge is 0.329 e. The van der Waals surface area contributed by atoms with Crippen LogP contribution >= 0.6 is 0 Å². The molecule has 1 aromatic carbocycles. The zero-order chi connectivity index (χ0) is 18.6. The molecule has 1 aliphatic heterocycles. The van der Waals surface area contributed by atoms with Gasteiger partial charge in [-0.3, -0.25) is 9.59 Å². The molecule has 2 unspecified atom stereocenters. The van der Waals surface area contributed by atoms with Crippen molar-refractivity contribution < 1.29 is 23.9 Å². The lowest BCUT2D eigenvalue weighted by molar-refractivity contribution is -0.162. The van der Waals surface area contributed by atoms with Crippen LogP contribution in [-0.2, 0) is 30.4 Å². The van der Waals surface area contributed by atoms with Crippen LogP contribution in [0.3, 0.4) is 0 Å². The van der Waals surface area contributed by atoms with E-state index in [9.17, 15) is 14.4 Å². The highest BCUT2D eigenvalue weighted by molar-refractivity contribution is 6.02. The summed E-state index contributed by atoms with van der Waals surface area (Å²) in [5.41, 5.74) is 0.217. The number of likely N-dealkylation sites (tertiary alicyclic amines) is 1. The van der Waals surface area contributed by atoms with Crippen LogP contribution in [0.4, 0.5) is 0 Å². The lowest BCUT2D eigenvalue weighted by Gasteiger charge is -2.27. The molecule has 6 nitrogen and oxygen atoms in total. The third-order valence-corrected chi connectivity index (χ3v) is 3.86. The van der Waals surface area contributed by atoms with E-state index in [0.717, 1.165) is 5.56 Å². The maximum atomic E-state index is 12.7. The number of ether oxygens (including phenoxy) is 2. The molecule has 1 aromatic rings.